The molecule has 0 aliphatic carbocycles. The van der Waals surface area contributed by atoms with E-state index in [9.17, 15) is 0 Å². The topological polar surface area (TPSA) is 47.9 Å². The predicted molar refractivity (Wildman–Crippen MR) is 81.4 cm³/mol. The molecule has 4 heteroatoms. The van der Waals surface area contributed by atoms with Crippen molar-refractivity contribution >= 4 is 5.96 Å². The van der Waals surface area contributed by atoms with Crippen LogP contribution in [-0.2, 0) is 0 Å². The summed E-state index contributed by atoms with van der Waals surface area (Å²) in [4.78, 5) is 7.03. The standard InChI is InChI=1S/C15H31N3O/c1-5-16-15(17-9-13(4)11-19)18-7-6-14(10-18)8-12(2)3/h12-14,19H,5-11H2,1-4H3,(H,16,17). The molecule has 0 spiro atoms. The highest BCUT2D eigenvalue weighted by Gasteiger charge is 2.25. The molecule has 1 saturated heterocycles. The Bertz CT molecular complexity index is 279. The quantitative estimate of drug-likeness (QED) is 0.572. The van der Waals surface area contributed by atoms with Crippen LogP contribution in [0.1, 0.15) is 40.5 Å². The lowest BCUT2D eigenvalue weighted by molar-refractivity contribution is 0.241. The summed E-state index contributed by atoms with van der Waals surface area (Å²) in [7, 11) is 0. The normalized spacial score (nSPS) is 22.1. The van der Waals surface area contributed by atoms with Crippen LogP contribution in [-0.4, -0.2) is 48.8 Å². The summed E-state index contributed by atoms with van der Waals surface area (Å²) in [6, 6.07) is 0. The van der Waals surface area contributed by atoms with E-state index in [2.05, 4.69) is 36.0 Å². The smallest absolute Gasteiger partial charge is 0.193 e. The van der Waals surface area contributed by atoms with E-state index in [-0.39, 0.29) is 12.5 Å². The largest absolute Gasteiger partial charge is 0.396 e. The Kier molecular flexibility index (Phi) is 7.21. The van der Waals surface area contributed by atoms with Gasteiger partial charge >= 0.3 is 0 Å². The van der Waals surface area contributed by atoms with Gasteiger partial charge < -0.3 is 15.3 Å². The Balaban J connectivity index is 2.52. The average molecular weight is 269 g/mol. The third-order valence-electron chi connectivity index (χ3n) is 3.59. The molecule has 0 aromatic carbocycles. The number of guanidine groups is 1. The SMILES string of the molecule is CCNC(=NCC(C)CO)N1CCC(CC(C)C)C1. The maximum atomic E-state index is 9.08. The molecule has 4 nitrogen and oxygen atoms in total. The third kappa shape index (κ3) is 5.81. The Hall–Kier alpha value is -0.770. The fourth-order valence-corrected chi connectivity index (χ4v) is 2.61. The van der Waals surface area contributed by atoms with Gasteiger partial charge in [0.1, 0.15) is 0 Å². The van der Waals surface area contributed by atoms with E-state index < -0.39 is 0 Å². The van der Waals surface area contributed by atoms with Gasteiger partial charge in [-0.25, -0.2) is 0 Å². The zero-order valence-corrected chi connectivity index (χ0v) is 13.0. The molecule has 1 fully saturated rings. The highest BCUT2D eigenvalue weighted by atomic mass is 16.3. The maximum Gasteiger partial charge on any atom is 0.193 e. The molecule has 1 aliphatic rings. The Labute approximate surface area is 118 Å². The van der Waals surface area contributed by atoms with Gasteiger partial charge in [-0.15, -0.1) is 0 Å². The second kappa shape index (κ2) is 8.41. The number of hydrogen-bond donors (Lipinski definition) is 2. The molecule has 0 aromatic rings. The number of hydrogen-bond acceptors (Lipinski definition) is 2. The van der Waals surface area contributed by atoms with Crippen molar-refractivity contribution in [3.8, 4) is 0 Å². The Morgan fingerprint density at radius 1 is 1.42 bits per heavy atom. The van der Waals surface area contributed by atoms with Crippen molar-refractivity contribution < 1.29 is 5.11 Å². The first-order valence-corrected chi connectivity index (χ1v) is 7.70. The Morgan fingerprint density at radius 3 is 2.74 bits per heavy atom. The molecule has 19 heavy (non-hydrogen) atoms. The molecule has 0 radical (unpaired) electrons. The zero-order chi connectivity index (χ0) is 14.3. The van der Waals surface area contributed by atoms with Crippen molar-refractivity contribution in [3.05, 3.63) is 0 Å². The summed E-state index contributed by atoms with van der Waals surface area (Å²) < 4.78 is 0. The van der Waals surface area contributed by atoms with Gasteiger partial charge in [-0.2, -0.15) is 0 Å². The lowest BCUT2D eigenvalue weighted by Gasteiger charge is -2.22. The van der Waals surface area contributed by atoms with E-state index in [1.165, 1.54) is 12.8 Å². The molecular weight excluding hydrogens is 238 g/mol. The van der Waals surface area contributed by atoms with Crippen LogP contribution >= 0.6 is 0 Å². The molecule has 2 atom stereocenters. The number of aliphatic hydroxyl groups excluding tert-OH is 1. The minimum absolute atomic E-state index is 0.207. The first-order chi connectivity index (χ1) is 9.06. The highest BCUT2D eigenvalue weighted by molar-refractivity contribution is 5.80. The van der Waals surface area contributed by atoms with Gasteiger partial charge in [-0.3, -0.25) is 4.99 Å². The van der Waals surface area contributed by atoms with Crippen molar-refractivity contribution in [1.29, 1.82) is 0 Å². The average Bonchev–Trinajstić information content (AvgIpc) is 2.81. The van der Waals surface area contributed by atoms with Crippen molar-refractivity contribution in [2.75, 3.05) is 32.8 Å². The highest BCUT2D eigenvalue weighted by Crippen LogP contribution is 2.23. The van der Waals surface area contributed by atoms with Crippen LogP contribution in [0.15, 0.2) is 4.99 Å². The first-order valence-electron chi connectivity index (χ1n) is 7.70. The summed E-state index contributed by atoms with van der Waals surface area (Å²) in [5.74, 6) is 2.84. The van der Waals surface area contributed by atoms with Gasteiger partial charge in [-0.05, 0) is 37.5 Å². The summed E-state index contributed by atoms with van der Waals surface area (Å²) >= 11 is 0. The third-order valence-corrected chi connectivity index (χ3v) is 3.59. The van der Waals surface area contributed by atoms with E-state index in [1.54, 1.807) is 0 Å². The number of rotatable bonds is 6. The van der Waals surface area contributed by atoms with Crippen LogP contribution in [0.2, 0.25) is 0 Å². The van der Waals surface area contributed by atoms with Crippen LogP contribution in [0.5, 0.6) is 0 Å². The monoisotopic (exact) mass is 269 g/mol. The van der Waals surface area contributed by atoms with Gasteiger partial charge in [0.05, 0.1) is 0 Å². The number of aliphatic imine (C=N–C) groups is 1. The minimum atomic E-state index is 0.207. The van der Waals surface area contributed by atoms with Gasteiger partial charge in [-0.1, -0.05) is 20.8 Å². The molecule has 1 rings (SSSR count). The summed E-state index contributed by atoms with van der Waals surface area (Å²) in [5.41, 5.74) is 0. The van der Waals surface area contributed by atoms with Crippen LogP contribution in [0.4, 0.5) is 0 Å². The zero-order valence-electron chi connectivity index (χ0n) is 13.0. The van der Waals surface area contributed by atoms with E-state index in [4.69, 9.17) is 5.11 Å². The van der Waals surface area contributed by atoms with E-state index in [1.807, 2.05) is 6.92 Å². The molecule has 1 aliphatic heterocycles. The Morgan fingerprint density at radius 2 is 2.16 bits per heavy atom. The fourth-order valence-electron chi connectivity index (χ4n) is 2.61. The van der Waals surface area contributed by atoms with Gasteiger partial charge in [0.15, 0.2) is 5.96 Å². The molecule has 2 N–H and O–H groups in total. The fraction of sp³-hybridized carbons (Fsp3) is 0.933. The number of aliphatic hydroxyl groups is 1. The molecule has 0 saturated carbocycles. The van der Waals surface area contributed by atoms with E-state index >= 15 is 0 Å². The lowest BCUT2D eigenvalue weighted by Crippen LogP contribution is -2.40. The number of likely N-dealkylation sites (tertiary alicyclic amines) is 1. The van der Waals surface area contributed by atoms with Crippen molar-refractivity contribution in [1.82, 2.24) is 10.2 Å². The van der Waals surface area contributed by atoms with Crippen LogP contribution in [0.25, 0.3) is 0 Å². The summed E-state index contributed by atoms with van der Waals surface area (Å²) in [5, 5.41) is 12.5. The predicted octanol–water partition coefficient (Wildman–Crippen LogP) is 1.95. The second-order valence-corrected chi connectivity index (χ2v) is 6.21. The van der Waals surface area contributed by atoms with Crippen LogP contribution in [0, 0.1) is 17.8 Å². The molecule has 0 bridgehead atoms. The number of nitrogens with one attached hydrogen (secondary N) is 1. The molecule has 112 valence electrons. The van der Waals surface area contributed by atoms with Gasteiger partial charge in [0.2, 0.25) is 0 Å². The van der Waals surface area contributed by atoms with Gasteiger partial charge in [0.25, 0.3) is 0 Å². The van der Waals surface area contributed by atoms with Gasteiger partial charge in [0, 0.05) is 32.8 Å². The molecule has 0 amide bonds. The molecule has 2 unspecified atom stereocenters. The van der Waals surface area contributed by atoms with Crippen molar-refractivity contribution in [2.45, 2.75) is 40.5 Å². The van der Waals surface area contributed by atoms with Crippen molar-refractivity contribution in [3.63, 3.8) is 0 Å². The van der Waals surface area contributed by atoms with E-state index in [0.717, 1.165) is 37.4 Å². The van der Waals surface area contributed by atoms with Crippen LogP contribution < -0.4 is 5.32 Å². The molecular formula is C15H31N3O. The molecule has 1 heterocycles. The van der Waals surface area contributed by atoms with Crippen molar-refractivity contribution in [2.24, 2.45) is 22.7 Å². The number of nitrogens with zero attached hydrogens (tertiary/aromatic N) is 2. The first kappa shape index (κ1) is 16.3. The summed E-state index contributed by atoms with van der Waals surface area (Å²) in [6.07, 6.45) is 2.58. The summed E-state index contributed by atoms with van der Waals surface area (Å²) in [6.45, 7) is 12.8. The lowest BCUT2D eigenvalue weighted by atomic mass is 9.97. The van der Waals surface area contributed by atoms with E-state index in [0.29, 0.717) is 6.54 Å². The second-order valence-electron chi connectivity index (χ2n) is 6.21. The van der Waals surface area contributed by atoms with Crippen LogP contribution in [0.3, 0.4) is 0 Å². The maximum absolute atomic E-state index is 9.08. The minimum Gasteiger partial charge on any atom is -0.396 e. The molecule has 0 aromatic heterocycles.